The zero-order valence-electron chi connectivity index (χ0n) is 16.5. The van der Waals surface area contributed by atoms with Crippen LogP contribution in [0.3, 0.4) is 0 Å². The van der Waals surface area contributed by atoms with Crippen molar-refractivity contribution in [1.82, 2.24) is 19.6 Å². The van der Waals surface area contributed by atoms with Crippen molar-refractivity contribution in [3.8, 4) is 0 Å². The highest BCUT2D eigenvalue weighted by atomic mass is 35.5. The minimum Gasteiger partial charge on any atom is -0.367 e. The van der Waals surface area contributed by atoms with Crippen molar-refractivity contribution < 1.29 is 4.79 Å². The summed E-state index contributed by atoms with van der Waals surface area (Å²) in [4.78, 5) is 17.1. The number of halogens is 2. The monoisotopic (exact) mass is 441 g/mol. The number of para-hydroxylation sites is 2. The Kier molecular flexibility index (Phi) is 6.16. The van der Waals surface area contributed by atoms with Crippen LogP contribution in [-0.4, -0.2) is 31.9 Å². The van der Waals surface area contributed by atoms with Crippen molar-refractivity contribution in [3.05, 3.63) is 63.9 Å². The van der Waals surface area contributed by atoms with Gasteiger partial charge in [0.25, 0.3) is 0 Å². The molecule has 0 bridgehead atoms. The lowest BCUT2D eigenvalue weighted by Crippen LogP contribution is -2.07. The Labute approximate surface area is 184 Å². The summed E-state index contributed by atoms with van der Waals surface area (Å²) in [6.07, 6.45) is 3.05. The predicted molar refractivity (Wildman–Crippen MR) is 121 cm³/mol. The third-order valence-electron chi connectivity index (χ3n) is 5.02. The molecule has 0 unspecified atom stereocenters. The topological polar surface area (TPSA) is 72.2 Å². The Morgan fingerprint density at radius 3 is 2.73 bits per heavy atom. The van der Waals surface area contributed by atoms with E-state index in [1.165, 1.54) is 0 Å². The molecule has 0 fully saturated rings. The number of fused-ring (bicyclic) bond motifs is 3. The Morgan fingerprint density at radius 2 is 1.87 bits per heavy atom. The van der Waals surface area contributed by atoms with Crippen LogP contribution in [0.1, 0.15) is 41.9 Å². The highest BCUT2D eigenvalue weighted by Gasteiger charge is 2.13. The van der Waals surface area contributed by atoms with E-state index in [4.69, 9.17) is 28.2 Å². The maximum atomic E-state index is 12.4. The van der Waals surface area contributed by atoms with Gasteiger partial charge in [0.1, 0.15) is 5.82 Å². The summed E-state index contributed by atoms with van der Waals surface area (Å²) in [7, 11) is 0. The van der Waals surface area contributed by atoms with Crippen molar-refractivity contribution in [2.75, 3.05) is 11.9 Å². The van der Waals surface area contributed by atoms with Gasteiger partial charge in [-0.2, -0.15) is 0 Å². The molecule has 0 amide bonds. The molecule has 8 heteroatoms. The van der Waals surface area contributed by atoms with Gasteiger partial charge in [0.15, 0.2) is 11.6 Å². The van der Waals surface area contributed by atoms with Gasteiger partial charge in [-0.1, -0.05) is 47.8 Å². The van der Waals surface area contributed by atoms with Gasteiger partial charge >= 0.3 is 0 Å². The van der Waals surface area contributed by atoms with Crippen LogP contribution in [0.25, 0.3) is 16.7 Å². The number of nitrogens with one attached hydrogen (secondary N) is 1. The molecular formula is C22H21Cl2N5O. The van der Waals surface area contributed by atoms with Crippen LogP contribution in [0.2, 0.25) is 10.0 Å². The number of carbonyl (C=O) groups excluding carboxylic acids is 1. The number of Topliss-reactive ketones (excluding diaryl/α,β-unsaturated/α-hetero) is 1. The number of aromatic nitrogens is 4. The summed E-state index contributed by atoms with van der Waals surface area (Å²) in [5.41, 5.74) is 3.09. The Morgan fingerprint density at radius 1 is 1.03 bits per heavy atom. The first kappa shape index (κ1) is 20.6. The van der Waals surface area contributed by atoms with Gasteiger partial charge in [0.2, 0.25) is 5.65 Å². The van der Waals surface area contributed by atoms with Crippen LogP contribution < -0.4 is 5.32 Å². The van der Waals surface area contributed by atoms with Gasteiger partial charge in [-0.3, -0.25) is 9.20 Å². The lowest BCUT2D eigenvalue weighted by atomic mass is 10.0. The highest BCUT2D eigenvalue weighted by molar-refractivity contribution is 6.43. The molecule has 0 aliphatic carbocycles. The Hall–Kier alpha value is -2.70. The van der Waals surface area contributed by atoms with Crippen LogP contribution in [0.15, 0.2) is 42.5 Å². The fourth-order valence-corrected chi connectivity index (χ4v) is 3.89. The average Bonchev–Trinajstić information content (AvgIpc) is 3.14. The van der Waals surface area contributed by atoms with E-state index in [-0.39, 0.29) is 5.78 Å². The minimum atomic E-state index is 0.0206. The molecule has 0 spiro atoms. The molecule has 1 N–H and O–H groups in total. The van der Waals surface area contributed by atoms with E-state index in [1.54, 1.807) is 18.2 Å². The van der Waals surface area contributed by atoms with Gasteiger partial charge in [-0.25, -0.2) is 4.98 Å². The van der Waals surface area contributed by atoms with Crippen LogP contribution in [0.4, 0.5) is 5.82 Å². The molecule has 2 aromatic heterocycles. The first-order valence-electron chi connectivity index (χ1n) is 9.88. The summed E-state index contributed by atoms with van der Waals surface area (Å²) in [6.45, 7) is 2.67. The van der Waals surface area contributed by atoms with E-state index < -0.39 is 0 Å². The van der Waals surface area contributed by atoms with Crippen molar-refractivity contribution in [1.29, 1.82) is 0 Å². The summed E-state index contributed by atoms with van der Waals surface area (Å²) < 4.78 is 2.01. The number of carbonyl (C=O) groups is 1. The Bertz CT molecular complexity index is 1220. The van der Waals surface area contributed by atoms with E-state index in [1.807, 2.05) is 35.6 Å². The molecule has 0 radical (unpaired) electrons. The van der Waals surface area contributed by atoms with Gasteiger partial charge in [0, 0.05) is 18.5 Å². The first-order chi connectivity index (χ1) is 14.6. The molecule has 2 aromatic carbocycles. The SMILES string of the molecule is Cc1nnc2c(NCCCCCC(=O)c3cccc(Cl)c3Cl)nc3ccccc3n12. The molecule has 0 atom stereocenters. The van der Waals surface area contributed by atoms with Crippen molar-refractivity contribution >= 4 is 51.5 Å². The summed E-state index contributed by atoms with van der Waals surface area (Å²) in [5.74, 6) is 1.56. The van der Waals surface area contributed by atoms with E-state index >= 15 is 0 Å². The summed E-state index contributed by atoms with van der Waals surface area (Å²) in [5, 5.41) is 12.6. The maximum absolute atomic E-state index is 12.4. The lowest BCUT2D eigenvalue weighted by Gasteiger charge is -2.09. The fraction of sp³-hybridized carbons (Fsp3) is 0.273. The molecule has 0 aliphatic rings. The number of unbranched alkanes of at least 4 members (excludes halogenated alkanes) is 2. The number of hydrogen-bond acceptors (Lipinski definition) is 5. The lowest BCUT2D eigenvalue weighted by molar-refractivity contribution is 0.0979. The maximum Gasteiger partial charge on any atom is 0.204 e. The van der Waals surface area contributed by atoms with Crippen LogP contribution >= 0.6 is 23.2 Å². The smallest absolute Gasteiger partial charge is 0.204 e. The zero-order valence-corrected chi connectivity index (χ0v) is 18.0. The molecule has 30 heavy (non-hydrogen) atoms. The molecule has 2 heterocycles. The first-order valence-corrected chi connectivity index (χ1v) is 10.6. The van der Waals surface area contributed by atoms with Crippen LogP contribution in [0, 0.1) is 6.92 Å². The zero-order chi connectivity index (χ0) is 21.1. The fourth-order valence-electron chi connectivity index (χ4n) is 3.49. The van der Waals surface area contributed by atoms with Crippen molar-refractivity contribution in [3.63, 3.8) is 0 Å². The van der Waals surface area contributed by atoms with Gasteiger partial charge in [-0.15, -0.1) is 10.2 Å². The number of aryl methyl sites for hydroxylation is 1. The molecular weight excluding hydrogens is 421 g/mol. The number of nitrogens with zero attached hydrogens (tertiary/aromatic N) is 4. The van der Waals surface area contributed by atoms with Gasteiger partial charge < -0.3 is 5.32 Å². The van der Waals surface area contributed by atoms with Crippen molar-refractivity contribution in [2.45, 2.75) is 32.6 Å². The quantitative estimate of drug-likeness (QED) is 0.278. The normalized spacial score (nSPS) is 11.3. The standard InChI is InChI=1S/C22H21Cl2N5O/c1-14-27-28-22-21(26-17-10-4-5-11-18(17)29(14)22)25-13-6-2-3-12-19(30)15-8-7-9-16(23)20(15)24/h4-5,7-11H,2-3,6,12-13H2,1H3,(H,25,26). The molecule has 0 saturated carbocycles. The largest absolute Gasteiger partial charge is 0.367 e. The third kappa shape index (κ3) is 4.11. The van der Waals surface area contributed by atoms with Crippen LogP contribution in [-0.2, 0) is 0 Å². The summed E-state index contributed by atoms with van der Waals surface area (Å²) >= 11 is 12.1. The van der Waals surface area contributed by atoms with E-state index in [9.17, 15) is 4.79 Å². The third-order valence-corrected chi connectivity index (χ3v) is 5.84. The van der Waals surface area contributed by atoms with Crippen LogP contribution in [0.5, 0.6) is 0 Å². The van der Waals surface area contributed by atoms with Gasteiger partial charge in [-0.05, 0) is 44.0 Å². The number of hydrogen-bond donors (Lipinski definition) is 1. The molecule has 0 aliphatic heterocycles. The minimum absolute atomic E-state index is 0.0206. The average molecular weight is 442 g/mol. The molecule has 154 valence electrons. The molecule has 6 nitrogen and oxygen atoms in total. The van der Waals surface area contributed by atoms with Crippen molar-refractivity contribution in [2.24, 2.45) is 0 Å². The molecule has 0 saturated heterocycles. The second-order valence-electron chi connectivity index (χ2n) is 7.12. The second-order valence-corrected chi connectivity index (χ2v) is 7.90. The number of rotatable bonds is 8. The molecule has 4 rings (SSSR count). The molecule has 4 aromatic rings. The van der Waals surface area contributed by atoms with E-state index in [0.29, 0.717) is 22.0 Å². The number of ketones is 1. The highest BCUT2D eigenvalue weighted by Crippen LogP contribution is 2.27. The number of benzene rings is 2. The summed E-state index contributed by atoms with van der Waals surface area (Å²) in [6, 6.07) is 13.1. The Balaban J connectivity index is 1.33. The van der Waals surface area contributed by atoms with Gasteiger partial charge in [0.05, 0.1) is 21.1 Å². The predicted octanol–water partition coefficient (Wildman–Crippen LogP) is 5.75. The van der Waals surface area contributed by atoms with E-state index in [0.717, 1.165) is 54.1 Å². The number of anilines is 1. The van der Waals surface area contributed by atoms with E-state index in [2.05, 4.69) is 15.5 Å². The second kappa shape index (κ2) is 8.98.